The summed E-state index contributed by atoms with van der Waals surface area (Å²) < 4.78 is 6.85. The van der Waals surface area contributed by atoms with Gasteiger partial charge in [-0.15, -0.1) is 0 Å². The van der Waals surface area contributed by atoms with Crippen molar-refractivity contribution in [2.75, 3.05) is 0 Å². The number of rotatable bonds is 8. The number of aliphatic carboxylic acids is 1. The van der Waals surface area contributed by atoms with Crippen LogP contribution in [0.4, 0.5) is 0 Å². The van der Waals surface area contributed by atoms with Gasteiger partial charge in [0, 0.05) is 12.2 Å². The van der Waals surface area contributed by atoms with Crippen LogP contribution in [0.5, 0.6) is 0 Å². The lowest BCUT2D eigenvalue weighted by molar-refractivity contribution is -0.131. The van der Waals surface area contributed by atoms with Crippen molar-refractivity contribution < 1.29 is 14.3 Å². The van der Waals surface area contributed by atoms with Gasteiger partial charge in [0.15, 0.2) is 8.32 Å². The molecule has 0 radical (unpaired) electrons. The summed E-state index contributed by atoms with van der Waals surface area (Å²) in [5.41, 5.74) is 0.371. The van der Waals surface area contributed by atoms with E-state index in [1.165, 1.54) is 31.8 Å². The minimum atomic E-state index is -1.83. The van der Waals surface area contributed by atoms with Crippen LogP contribution in [0.2, 0.25) is 18.1 Å². The average Bonchev–Trinajstić information content (AvgIpc) is 2.46. The highest BCUT2D eigenvalue weighted by Crippen LogP contribution is 2.47. The SMILES string of the molecule is CCCCC1(C)CCC(CC=CC(=O)O)C(O[Si](C)(C)C(C)(C)C)C1. The quantitative estimate of drug-likeness (QED) is 0.398. The normalized spacial score (nSPS) is 28.4. The Morgan fingerprint density at radius 1 is 1.36 bits per heavy atom. The van der Waals surface area contributed by atoms with E-state index in [0.717, 1.165) is 19.3 Å². The van der Waals surface area contributed by atoms with Gasteiger partial charge < -0.3 is 9.53 Å². The molecule has 0 heterocycles. The fourth-order valence-corrected chi connectivity index (χ4v) is 5.00. The lowest BCUT2D eigenvalue weighted by Crippen LogP contribution is -2.48. The maximum absolute atomic E-state index is 10.8. The topological polar surface area (TPSA) is 46.5 Å². The van der Waals surface area contributed by atoms with Crippen molar-refractivity contribution >= 4 is 14.3 Å². The van der Waals surface area contributed by atoms with E-state index in [0.29, 0.717) is 11.3 Å². The number of hydrogen-bond donors (Lipinski definition) is 1. The number of carboxylic acids is 1. The Kier molecular flexibility index (Phi) is 7.94. The molecule has 0 aliphatic heterocycles. The van der Waals surface area contributed by atoms with Crippen molar-refractivity contribution in [1.29, 1.82) is 0 Å². The second kappa shape index (κ2) is 8.85. The maximum Gasteiger partial charge on any atom is 0.327 e. The molecule has 0 spiro atoms. The number of allylic oxidation sites excluding steroid dienone is 1. The summed E-state index contributed by atoms with van der Waals surface area (Å²) in [5, 5.41) is 9.07. The van der Waals surface area contributed by atoms with Crippen LogP contribution in [-0.2, 0) is 9.22 Å². The summed E-state index contributed by atoms with van der Waals surface area (Å²) in [4.78, 5) is 10.8. The molecule has 0 aromatic rings. The van der Waals surface area contributed by atoms with E-state index in [-0.39, 0.29) is 11.1 Å². The van der Waals surface area contributed by atoms with E-state index in [4.69, 9.17) is 9.53 Å². The molecule has 25 heavy (non-hydrogen) atoms. The minimum Gasteiger partial charge on any atom is -0.478 e. The lowest BCUT2D eigenvalue weighted by atomic mass is 9.67. The molecule has 0 aromatic carbocycles. The molecule has 1 saturated carbocycles. The summed E-state index contributed by atoms with van der Waals surface area (Å²) in [6, 6.07) is 0. The third-order valence-corrected chi connectivity index (χ3v) is 10.9. The highest BCUT2D eigenvalue weighted by Gasteiger charge is 2.44. The standard InChI is InChI=1S/C21H40O3Si/c1-8-9-14-21(5)15-13-17(11-10-12-19(22)23)18(16-21)24-25(6,7)20(2,3)4/h10,12,17-18H,8-9,11,13-16H2,1-7H3,(H,22,23). The van der Waals surface area contributed by atoms with E-state index >= 15 is 0 Å². The number of hydrogen-bond acceptors (Lipinski definition) is 2. The first-order valence-electron chi connectivity index (χ1n) is 9.97. The monoisotopic (exact) mass is 368 g/mol. The van der Waals surface area contributed by atoms with Gasteiger partial charge in [-0.3, -0.25) is 0 Å². The Bertz CT molecular complexity index is 464. The van der Waals surface area contributed by atoms with Crippen LogP contribution in [0.3, 0.4) is 0 Å². The molecule has 0 aromatic heterocycles. The second-order valence-corrected chi connectivity index (χ2v) is 14.6. The number of unbranched alkanes of at least 4 members (excludes halogenated alkanes) is 1. The van der Waals surface area contributed by atoms with Crippen molar-refractivity contribution in [3.05, 3.63) is 12.2 Å². The Morgan fingerprint density at radius 2 is 2.00 bits per heavy atom. The predicted octanol–water partition coefficient (Wildman–Crippen LogP) is 6.40. The molecule has 1 rings (SSSR count). The van der Waals surface area contributed by atoms with Crippen LogP contribution in [0.25, 0.3) is 0 Å². The van der Waals surface area contributed by atoms with E-state index in [1.807, 2.05) is 6.08 Å². The first-order valence-corrected chi connectivity index (χ1v) is 12.9. The average molecular weight is 369 g/mol. The van der Waals surface area contributed by atoms with Gasteiger partial charge in [0.25, 0.3) is 0 Å². The van der Waals surface area contributed by atoms with Gasteiger partial charge >= 0.3 is 5.97 Å². The van der Waals surface area contributed by atoms with E-state index in [1.54, 1.807) is 0 Å². The Balaban J connectivity index is 2.91. The fraction of sp³-hybridized carbons (Fsp3) is 0.857. The molecule has 3 unspecified atom stereocenters. The molecule has 0 saturated heterocycles. The number of carbonyl (C=O) groups is 1. The second-order valence-electron chi connectivity index (χ2n) is 9.81. The van der Waals surface area contributed by atoms with Gasteiger partial charge in [-0.2, -0.15) is 0 Å². The maximum atomic E-state index is 10.8. The van der Waals surface area contributed by atoms with Crippen molar-refractivity contribution in [3.8, 4) is 0 Å². The molecule has 1 fully saturated rings. The highest BCUT2D eigenvalue weighted by atomic mass is 28.4. The van der Waals surface area contributed by atoms with Crippen molar-refractivity contribution in [3.63, 3.8) is 0 Å². The minimum absolute atomic E-state index is 0.200. The summed E-state index contributed by atoms with van der Waals surface area (Å²) in [6.07, 6.45) is 11.5. The first kappa shape index (κ1) is 22.4. The zero-order chi connectivity index (χ0) is 19.3. The third kappa shape index (κ3) is 6.90. The molecule has 0 bridgehead atoms. The van der Waals surface area contributed by atoms with Crippen LogP contribution in [0.1, 0.15) is 79.6 Å². The molecule has 146 valence electrons. The van der Waals surface area contributed by atoms with Crippen LogP contribution in [-0.4, -0.2) is 25.5 Å². The predicted molar refractivity (Wildman–Crippen MR) is 108 cm³/mol. The van der Waals surface area contributed by atoms with Gasteiger partial charge in [0.05, 0.1) is 0 Å². The summed E-state index contributed by atoms with van der Waals surface area (Å²) in [5.74, 6) is -0.412. The van der Waals surface area contributed by atoms with Gasteiger partial charge in [-0.05, 0) is 61.6 Å². The van der Waals surface area contributed by atoms with Gasteiger partial charge in [-0.1, -0.05) is 53.5 Å². The van der Waals surface area contributed by atoms with Gasteiger partial charge in [0.1, 0.15) is 0 Å². The Labute approximate surface area is 156 Å². The van der Waals surface area contributed by atoms with Gasteiger partial charge in [-0.25, -0.2) is 4.79 Å². The zero-order valence-corrected chi connectivity index (χ0v) is 18.5. The largest absolute Gasteiger partial charge is 0.478 e. The van der Waals surface area contributed by atoms with Crippen LogP contribution >= 0.6 is 0 Å². The molecule has 1 N–H and O–H groups in total. The third-order valence-electron chi connectivity index (χ3n) is 6.42. The molecule has 1 aliphatic carbocycles. The summed E-state index contributed by atoms with van der Waals surface area (Å²) in [6.45, 7) is 16.2. The molecule has 0 amide bonds. The molecular weight excluding hydrogens is 328 g/mol. The van der Waals surface area contributed by atoms with Crippen LogP contribution < -0.4 is 0 Å². The van der Waals surface area contributed by atoms with Crippen molar-refractivity contribution in [2.45, 2.75) is 104 Å². The molecule has 4 heteroatoms. The fourth-order valence-electron chi connectivity index (χ4n) is 3.61. The van der Waals surface area contributed by atoms with Crippen LogP contribution in [0, 0.1) is 11.3 Å². The zero-order valence-electron chi connectivity index (χ0n) is 17.5. The molecule has 3 atom stereocenters. The Hall–Kier alpha value is -0.613. The smallest absolute Gasteiger partial charge is 0.327 e. The molecule has 3 nitrogen and oxygen atoms in total. The van der Waals surface area contributed by atoms with Gasteiger partial charge in [0.2, 0.25) is 0 Å². The summed E-state index contributed by atoms with van der Waals surface area (Å²) in [7, 11) is -1.83. The highest BCUT2D eigenvalue weighted by molar-refractivity contribution is 6.74. The van der Waals surface area contributed by atoms with Crippen molar-refractivity contribution in [1.82, 2.24) is 0 Å². The lowest BCUT2D eigenvalue weighted by Gasteiger charge is -2.48. The van der Waals surface area contributed by atoms with E-state index < -0.39 is 14.3 Å². The van der Waals surface area contributed by atoms with Crippen LogP contribution in [0.15, 0.2) is 12.2 Å². The molecular formula is C21H40O3Si. The van der Waals surface area contributed by atoms with Crippen molar-refractivity contribution in [2.24, 2.45) is 11.3 Å². The number of carboxylic acid groups (broad SMARTS) is 1. The summed E-state index contributed by atoms with van der Waals surface area (Å²) >= 11 is 0. The Morgan fingerprint density at radius 3 is 2.52 bits per heavy atom. The molecule has 1 aliphatic rings. The van der Waals surface area contributed by atoms with E-state index in [2.05, 4.69) is 47.7 Å². The first-order chi connectivity index (χ1) is 11.4. The van der Waals surface area contributed by atoms with E-state index in [9.17, 15) is 4.79 Å².